The second-order valence-electron chi connectivity index (χ2n) is 6.05. The molecule has 4 rings (SSSR count). The van der Waals surface area contributed by atoms with E-state index in [1.807, 2.05) is 12.1 Å². The Morgan fingerprint density at radius 2 is 1.91 bits per heavy atom. The molecule has 1 heterocycles. The number of amides is 1. The lowest BCUT2D eigenvalue weighted by atomic mass is 10.0. The topological polar surface area (TPSA) is 46.6 Å². The summed E-state index contributed by atoms with van der Waals surface area (Å²) < 4.78 is 5.60. The normalized spacial score (nSPS) is 19.1. The Labute approximate surface area is 134 Å². The number of hydrogen-bond acceptors (Lipinski definition) is 3. The fraction of sp³-hybridized carbons (Fsp3) is 0.263. The summed E-state index contributed by atoms with van der Waals surface area (Å²) in [4.78, 5) is 26.1. The lowest BCUT2D eigenvalue weighted by Crippen LogP contribution is -2.40. The van der Waals surface area contributed by atoms with Crippen LogP contribution in [0.15, 0.2) is 42.5 Å². The van der Waals surface area contributed by atoms with E-state index < -0.39 is 6.23 Å². The van der Waals surface area contributed by atoms with E-state index in [1.165, 1.54) is 18.1 Å². The zero-order valence-electron chi connectivity index (χ0n) is 12.9. The number of carbonyl (C=O) groups excluding carboxylic acids is 2. The molecule has 1 amide bonds. The van der Waals surface area contributed by atoms with Gasteiger partial charge in [-0.2, -0.15) is 0 Å². The maximum absolute atomic E-state index is 12.3. The molecule has 0 radical (unpaired) electrons. The molecule has 0 fully saturated rings. The third-order valence-corrected chi connectivity index (χ3v) is 4.58. The quantitative estimate of drug-likeness (QED) is 0.759. The minimum atomic E-state index is -0.694. The van der Waals surface area contributed by atoms with E-state index in [0.29, 0.717) is 11.3 Å². The van der Waals surface area contributed by atoms with Crippen molar-refractivity contribution in [3.63, 3.8) is 0 Å². The first kappa shape index (κ1) is 14.0. The highest BCUT2D eigenvalue weighted by atomic mass is 16.6. The van der Waals surface area contributed by atoms with Crippen molar-refractivity contribution >= 4 is 17.6 Å². The van der Waals surface area contributed by atoms with Gasteiger partial charge in [0.2, 0.25) is 12.1 Å². The fourth-order valence-electron chi connectivity index (χ4n) is 3.50. The number of benzene rings is 2. The number of fused-ring (bicyclic) bond motifs is 2. The van der Waals surface area contributed by atoms with Crippen LogP contribution in [0.5, 0.6) is 0 Å². The summed E-state index contributed by atoms with van der Waals surface area (Å²) in [6.45, 7) is 1.50. The van der Waals surface area contributed by atoms with E-state index in [-0.39, 0.29) is 11.9 Å². The van der Waals surface area contributed by atoms with Crippen LogP contribution in [-0.4, -0.2) is 11.9 Å². The van der Waals surface area contributed by atoms with Crippen LogP contribution in [-0.2, 0) is 22.4 Å². The molecule has 0 unspecified atom stereocenters. The Bertz CT molecular complexity index is 812. The second-order valence-corrected chi connectivity index (χ2v) is 6.05. The highest BCUT2D eigenvalue weighted by molar-refractivity contribution is 6.04. The van der Waals surface area contributed by atoms with Gasteiger partial charge in [0, 0.05) is 12.5 Å². The van der Waals surface area contributed by atoms with Crippen molar-refractivity contribution in [2.24, 2.45) is 0 Å². The minimum absolute atomic E-state index is 0.143. The Balaban J connectivity index is 1.82. The monoisotopic (exact) mass is 307 g/mol. The van der Waals surface area contributed by atoms with E-state index in [4.69, 9.17) is 4.74 Å². The number of nitrogens with zero attached hydrogens (tertiary/aromatic N) is 1. The average Bonchev–Trinajstić information content (AvgIpc) is 3.02. The first-order chi connectivity index (χ1) is 11.1. The summed E-state index contributed by atoms with van der Waals surface area (Å²) in [6.07, 6.45) is 2.60. The van der Waals surface area contributed by atoms with Crippen molar-refractivity contribution in [1.29, 1.82) is 0 Å². The molecule has 0 aromatic heterocycles. The van der Waals surface area contributed by atoms with Crippen LogP contribution in [0, 0.1) is 0 Å². The van der Waals surface area contributed by atoms with Gasteiger partial charge in [0.1, 0.15) is 0 Å². The summed E-state index contributed by atoms with van der Waals surface area (Å²) >= 11 is 0. The van der Waals surface area contributed by atoms with Crippen molar-refractivity contribution in [2.45, 2.75) is 32.4 Å². The number of ether oxygens (including phenoxy) is 1. The number of para-hydroxylation sites is 1. The molecule has 2 aliphatic rings. The van der Waals surface area contributed by atoms with Crippen LogP contribution in [0.1, 0.15) is 46.6 Å². The third kappa shape index (κ3) is 2.22. The van der Waals surface area contributed by atoms with E-state index in [2.05, 4.69) is 12.1 Å². The van der Waals surface area contributed by atoms with Crippen molar-refractivity contribution in [2.75, 3.05) is 4.90 Å². The standard InChI is InChI=1S/C19H17NO3/c1-12(21)20-17-8-3-2-7-16(17)19(22)23-18(20)15-10-9-13-5-4-6-14(13)11-15/h2-3,7-11,18H,4-6H2,1H3/t18-/m1/s1. The molecule has 2 aromatic rings. The Kier molecular flexibility index (Phi) is 3.18. The van der Waals surface area contributed by atoms with Gasteiger partial charge < -0.3 is 4.74 Å². The molecule has 0 spiro atoms. The van der Waals surface area contributed by atoms with Gasteiger partial charge in [-0.25, -0.2) is 4.79 Å². The van der Waals surface area contributed by atoms with Gasteiger partial charge in [0.25, 0.3) is 0 Å². The molecular formula is C19H17NO3. The van der Waals surface area contributed by atoms with Gasteiger partial charge in [0.15, 0.2) is 0 Å². The SMILES string of the molecule is CC(=O)N1c2ccccc2C(=O)O[C@@H]1c1ccc2c(c1)CCC2. The number of hydrogen-bond donors (Lipinski definition) is 0. The van der Waals surface area contributed by atoms with Gasteiger partial charge in [-0.15, -0.1) is 0 Å². The number of esters is 1. The molecule has 0 bridgehead atoms. The lowest BCUT2D eigenvalue weighted by Gasteiger charge is -2.35. The summed E-state index contributed by atoms with van der Waals surface area (Å²) in [5, 5.41) is 0. The van der Waals surface area contributed by atoms with E-state index >= 15 is 0 Å². The predicted molar refractivity (Wildman–Crippen MR) is 86.2 cm³/mol. The van der Waals surface area contributed by atoms with Gasteiger partial charge >= 0.3 is 5.97 Å². The molecule has 2 aromatic carbocycles. The highest BCUT2D eigenvalue weighted by Crippen LogP contribution is 2.38. The number of cyclic esters (lactones) is 1. The van der Waals surface area contributed by atoms with Gasteiger partial charge in [-0.3, -0.25) is 9.69 Å². The largest absolute Gasteiger partial charge is 0.433 e. The lowest BCUT2D eigenvalue weighted by molar-refractivity contribution is -0.118. The van der Waals surface area contributed by atoms with Crippen molar-refractivity contribution in [3.8, 4) is 0 Å². The van der Waals surface area contributed by atoms with Crippen LogP contribution < -0.4 is 4.90 Å². The second kappa shape index (κ2) is 5.23. The fourth-order valence-corrected chi connectivity index (χ4v) is 3.50. The minimum Gasteiger partial charge on any atom is -0.433 e. The molecule has 116 valence electrons. The molecule has 4 heteroatoms. The summed E-state index contributed by atoms with van der Waals surface area (Å²) in [7, 11) is 0. The van der Waals surface area contributed by atoms with Crippen LogP contribution in [0.3, 0.4) is 0 Å². The van der Waals surface area contributed by atoms with Gasteiger partial charge in [-0.1, -0.05) is 24.3 Å². The molecule has 1 aliphatic heterocycles. The Hall–Kier alpha value is -2.62. The van der Waals surface area contributed by atoms with Crippen LogP contribution in [0.2, 0.25) is 0 Å². The molecule has 0 saturated carbocycles. The zero-order valence-corrected chi connectivity index (χ0v) is 12.9. The van der Waals surface area contributed by atoms with Crippen LogP contribution >= 0.6 is 0 Å². The maximum Gasteiger partial charge on any atom is 0.342 e. The molecule has 23 heavy (non-hydrogen) atoms. The Morgan fingerprint density at radius 1 is 1.13 bits per heavy atom. The summed E-state index contributed by atoms with van der Waals surface area (Å²) in [5.74, 6) is -0.529. The van der Waals surface area contributed by atoms with E-state index in [9.17, 15) is 9.59 Å². The molecule has 0 saturated heterocycles. The molecular weight excluding hydrogens is 290 g/mol. The van der Waals surface area contributed by atoms with Crippen LogP contribution in [0.4, 0.5) is 5.69 Å². The maximum atomic E-state index is 12.3. The van der Waals surface area contributed by atoms with E-state index in [0.717, 1.165) is 24.8 Å². The molecule has 1 aliphatic carbocycles. The van der Waals surface area contributed by atoms with Gasteiger partial charge in [0.05, 0.1) is 11.3 Å². The Morgan fingerprint density at radius 3 is 2.74 bits per heavy atom. The predicted octanol–water partition coefficient (Wildman–Crippen LogP) is 3.40. The van der Waals surface area contributed by atoms with Crippen molar-refractivity contribution in [3.05, 3.63) is 64.7 Å². The zero-order chi connectivity index (χ0) is 16.0. The first-order valence-corrected chi connectivity index (χ1v) is 7.86. The van der Waals surface area contributed by atoms with Crippen molar-refractivity contribution < 1.29 is 14.3 Å². The van der Waals surface area contributed by atoms with Crippen molar-refractivity contribution in [1.82, 2.24) is 0 Å². The highest BCUT2D eigenvalue weighted by Gasteiger charge is 2.36. The summed E-state index contributed by atoms with van der Waals surface area (Å²) in [5.41, 5.74) is 4.54. The molecule has 4 nitrogen and oxygen atoms in total. The smallest absolute Gasteiger partial charge is 0.342 e. The van der Waals surface area contributed by atoms with Gasteiger partial charge in [-0.05, 0) is 48.6 Å². The number of carbonyl (C=O) groups is 2. The summed E-state index contributed by atoms with van der Waals surface area (Å²) in [6, 6.07) is 13.2. The molecule has 0 N–H and O–H groups in total. The molecule has 1 atom stereocenters. The van der Waals surface area contributed by atoms with Crippen LogP contribution in [0.25, 0.3) is 0 Å². The number of rotatable bonds is 1. The number of anilines is 1. The van der Waals surface area contributed by atoms with E-state index in [1.54, 1.807) is 23.1 Å². The first-order valence-electron chi connectivity index (χ1n) is 7.86. The third-order valence-electron chi connectivity index (χ3n) is 4.58. The number of aryl methyl sites for hydroxylation is 2. The average molecular weight is 307 g/mol.